The third-order valence-corrected chi connectivity index (χ3v) is 6.27. The summed E-state index contributed by atoms with van der Waals surface area (Å²) in [4.78, 5) is 23.8. The summed E-state index contributed by atoms with van der Waals surface area (Å²) in [6.45, 7) is 1.43. The maximum atomic E-state index is 12.9. The van der Waals surface area contributed by atoms with Crippen molar-refractivity contribution in [2.24, 2.45) is 5.92 Å². The van der Waals surface area contributed by atoms with Crippen molar-refractivity contribution in [3.05, 3.63) is 66.1 Å². The molecule has 1 amide bonds. The van der Waals surface area contributed by atoms with E-state index in [1.807, 2.05) is 0 Å². The first-order chi connectivity index (χ1) is 16.8. The van der Waals surface area contributed by atoms with Gasteiger partial charge in [-0.05, 0) is 54.6 Å². The number of rotatable bonds is 6. The van der Waals surface area contributed by atoms with Gasteiger partial charge >= 0.3 is 5.51 Å². The molecule has 6 nitrogen and oxygen atoms in total. The van der Waals surface area contributed by atoms with Gasteiger partial charge in [-0.2, -0.15) is 13.2 Å². The first-order valence-corrected chi connectivity index (χ1v) is 11.5. The maximum absolute atomic E-state index is 12.9. The average molecular weight is 499 g/mol. The van der Waals surface area contributed by atoms with Crippen LogP contribution in [-0.2, 0) is 0 Å². The number of anilines is 2. The highest BCUT2D eigenvalue weighted by Crippen LogP contribution is 2.37. The Balaban J connectivity index is 1.62. The van der Waals surface area contributed by atoms with Gasteiger partial charge in [0.05, 0.1) is 5.56 Å². The van der Waals surface area contributed by atoms with Gasteiger partial charge in [0, 0.05) is 71.5 Å². The van der Waals surface area contributed by atoms with Crippen LogP contribution in [-0.4, -0.2) is 46.2 Å². The molecule has 2 aromatic heterocycles. The topological polar surface area (TPSA) is 78.4 Å². The van der Waals surface area contributed by atoms with Crippen molar-refractivity contribution in [1.29, 1.82) is 0 Å². The fourth-order valence-corrected chi connectivity index (χ4v) is 4.37. The lowest BCUT2D eigenvalue weighted by Crippen LogP contribution is -2.23. The summed E-state index contributed by atoms with van der Waals surface area (Å²) in [5.74, 6) is 2.88. The van der Waals surface area contributed by atoms with Crippen LogP contribution >= 0.6 is 11.8 Å². The molecule has 0 saturated carbocycles. The number of hydrogen-bond donors (Lipinski definition) is 2. The van der Waals surface area contributed by atoms with Crippen molar-refractivity contribution in [3.63, 3.8) is 0 Å². The molecule has 1 aliphatic rings. The minimum Gasteiger partial charge on any atom is -0.396 e. The zero-order chi connectivity index (χ0) is 25.0. The second-order valence-corrected chi connectivity index (χ2v) is 9.15. The van der Waals surface area contributed by atoms with Crippen molar-refractivity contribution in [2.45, 2.75) is 16.8 Å². The lowest BCUT2D eigenvalue weighted by atomic mass is 10.0. The Morgan fingerprint density at radius 2 is 2.00 bits per heavy atom. The van der Waals surface area contributed by atoms with E-state index in [0.29, 0.717) is 41.3 Å². The van der Waals surface area contributed by atoms with Crippen LogP contribution < -0.4 is 10.2 Å². The summed E-state index contributed by atoms with van der Waals surface area (Å²) in [5.41, 5.74) is -1.83. The zero-order valence-corrected chi connectivity index (χ0v) is 19.2. The molecule has 1 fully saturated rings. The maximum Gasteiger partial charge on any atom is 0.446 e. The van der Waals surface area contributed by atoms with E-state index in [4.69, 9.17) is 6.42 Å². The minimum absolute atomic E-state index is 0.0245. The van der Waals surface area contributed by atoms with E-state index in [1.54, 1.807) is 24.5 Å². The van der Waals surface area contributed by atoms with Gasteiger partial charge in [-0.1, -0.05) is 5.92 Å². The molecule has 0 unspecified atom stereocenters. The fourth-order valence-electron chi connectivity index (χ4n) is 3.83. The lowest BCUT2D eigenvalue weighted by molar-refractivity contribution is -0.0328. The Kier molecular flexibility index (Phi) is 7.28. The number of thioether (sulfide) groups is 1. The Hall–Kier alpha value is -3.55. The van der Waals surface area contributed by atoms with Crippen LogP contribution in [0.5, 0.6) is 0 Å². The van der Waals surface area contributed by atoms with Crippen LogP contribution in [0.4, 0.5) is 24.7 Å². The van der Waals surface area contributed by atoms with Crippen LogP contribution in [0.1, 0.15) is 22.3 Å². The van der Waals surface area contributed by atoms with Crippen molar-refractivity contribution in [3.8, 4) is 23.5 Å². The van der Waals surface area contributed by atoms with Crippen LogP contribution in [0.15, 0.2) is 59.9 Å². The van der Waals surface area contributed by atoms with Crippen LogP contribution in [0, 0.1) is 18.3 Å². The summed E-state index contributed by atoms with van der Waals surface area (Å²) in [7, 11) is 0. The molecule has 1 aliphatic heterocycles. The SMILES string of the molecule is C#Cc1cncc(-c2cc(C(=O)Nc3ccc(SC(F)(F)F)cc3)cnc2N2CC[C@H](CO)C2)c1. The van der Waals surface area contributed by atoms with E-state index >= 15 is 0 Å². The number of pyridine rings is 2. The number of nitrogens with zero attached hydrogens (tertiary/aromatic N) is 3. The number of alkyl halides is 3. The quantitative estimate of drug-likeness (QED) is 0.375. The number of amides is 1. The van der Waals surface area contributed by atoms with Crippen LogP contribution in [0.25, 0.3) is 11.1 Å². The number of benzene rings is 1. The average Bonchev–Trinajstić information content (AvgIpc) is 3.33. The molecule has 1 aromatic carbocycles. The molecule has 35 heavy (non-hydrogen) atoms. The first kappa shape index (κ1) is 24.6. The molecule has 1 saturated heterocycles. The molecule has 0 spiro atoms. The molecule has 0 aliphatic carbocycles. The van der Waals surface area contributed by atoms with Crippen molar-refractivity contribution in [2.75, 3.05) is 29.9 Å². The monoisotopic (exact) mass is 498 g/mol. The molecule has 180 valence electrons. The summed E-state index contributed by atoms with van der Waals surface area (Å²) >= 11 is -0.220. The molecule has 1 atom stereocenters. The van der Waals surface area contributed by atoms with Gasteiger partial charge in [-0.25, -0.2) is 4.98 Å². The molecule has 3 heterocycles. The minimum atomic E-state index is -4.38. The first-order valence-electron chi connectivity index (χ1n) is 10.7. The smallest absolute Gasteiger partial charge is 0.396 e. The van der Waals surface area contributed by atoms with Gasteiger partial charge in [-0.15, -0.1) is 6.42 Å². The zero-order valence-electron chi connectivity index (χ0n) is 18.4. The van der Waals surface area contributed by atoms with Gasteiger partial charge in [0.15, 0.2) is 0 Å². The Labute approximate surface area is 204 Å². The number of nitrogens with one attached hydrogen (secondary N) is 1. The number of aliphatic hydroxyl groups excluding tert-OH is 1. The number of aromatic nitrogens is 2. The van der Waals surface area contributed by atoms with E-state index in [1.165, 1.54) is 30.5 Å². The third kappa shape index (κ3) is 6.12. The van der Waals surface area contributed by atoms with Crippen LogP contribution in [0.3, 0.4) is 0 Å². The second kappa shape index (κ2) is 10.4. The van der Waals surface area contributed by atoms with E-state index in [0.717, 1.165) is 6.42 Å². The molecule has 0 bridgehead atoms. The summed E-state index contributed by atoms with van der Waals surface area (Å²) in [6.07, 6.45) is 11.0. The molecule has 0 radical (unpaired) electrons. The molecule has 10 heteroatoms. The largest absolute Gasteiger partial charge is 0.446 e. The van der Waals surface area contributed by atoms with E-state index < -0.39 is 11.4 Å². The predicted octanol–water partition coefficient (Wildman–Crippen LogP) is 4.81. The highest BCUT2D eigenvalue weighted by molar-refractivity contribution is 8.00. The normalized spacial score (nSPS) is 15.6. The molecule has 2 N–H and O–H groups in total. The van der Waals surface area contributed by atoms with Gasteiger partial charge in [0.1, 0.15) is 5.82 Å². The van der Waals surface area contributed by atoms with E-state index in [-0.39, 0.29) is 34.7 Å². The highest BCUT2D eigenvalue weighted by Gasteiger charge is 2.29. The highest BCUT2D eigenvalue weighted by atomic mass is 32.2. The van der Waals surface area contributed by atoms with Crippen molar-refractivity contribution < 1.29 is 23.1 Å². The van der Waals surface area contributed by atoms with Gasteiger partial charge in [0.25, 0.3) is 5.91 Å². The summed E-state index contributed by atoms with van der Waals surface area (Å²) in [6, 6.07) is 8.88. The predicted molar refractivity (Wildman–Crippen MR) is 129 cm³/mol. The second-order valence-electron chi connectivity index (χ2n) is 8.01. The molecular weight excluding hydrogens is 477 g/mol. The number of hydrogen-bond acceptors (Lipinski definition) is 6. The third-order valence-electron chi connectivity index (χ3n) is 5.53. The standard InChI is InChI=1S/C25H21F3N4O2S/c1-2-16-9-18(12-29-11-16)22-10-19(13-30-23(22)32-8-7-17(14-32)15-33)24(34)31-20-3-5-21(6-4-20)35-25(26,27)28/h1,3-6,9-13,17,33H,7-8,14-15H2,(H,31,34)/t17-/m0/s1. The number of aliphatic hydroxyl groups is 1. The van der Waals surface area contributed by atoms with E-state index in [9.17, 15) is 23.1 Å². The Morgan fingerprint density at radius 3 is 2.66 bits per heavy atom. The summed E-state index contributed by atoms with van der Waals surface area (Å²) in [5, 5.41) is 12.2. The van der Waals surface area contributed by atoms with Crippen LogP contribution in [0.2, 0.25) is 0 Å². The van der Waals surface area contributed by atoms with Crippen molar-refractivity contribution >= 4 is 29.2 Å². The summed E-state index contributed by atoms with van der Waals surface area (Å²) < 4.78 is 37.6. The van der Waals surface area contributed by atoms with Gasteiger partial charge in [-0.3, -0.25) is 9.78 Å². The van der Waals surface area contributed by atoms with Gasteiger partial charge in [0.2, 0.25) is 0 Å². The Bertz CT molecular complexity index is 1260. The lowest BCUT2D eigenvalue weighted by Gasteiger charge is -2.21. The molecule has 3 aromatic rings. The molecule has 4 rings (SSSR count). The Morgan fingerprint density at radius 1 is 1.23 bits per heavy atom. The molecular formula is C25H21F3N4O2S. The number of carbonyl (C=O) groups excluding carboxylic acids is 1. The fraction of sp³-hybridized carbons (Fsp3) is 0.240. The van der Waals surface area contributed by atoms with Crippen molar-refractivity contribution in [1.82, 2.24) is 9.97 Å². The number of halogens is 3. The van der Waals surface area contributed by atoms with E-state index in [2.05, 4.69) is 26.1 Å². The number of carbonyl (C=O) groups is 1. The number of terminal acetylenes is 1. The van der Waals surface area contributed by atoms with Gasteiger partial charge < -0.3 is 15.3 Å².